The van der Waals surface area contributed by atoms with Gasteiger partial charge in [0.05, 0.1) is 12.7 Å². The van der Waals surface area contributed by atoms with Crippen molar-refractivity contribution in [1.29, 1.82) is 0 Å². The number of benzene rings is 1. The lowest BCUT2D eigenvalue weighted by Crippen LogP contribution is -2.30. The van der Waals surface area contributed by atoms with E-state index in [9.17, 15) is 0 Å². The van der Waals surface area contributed by atoms with Crippen molar-refractivity contribution in [3.63, 3.8) is 0 Å². The van der Waals surface area contributed by atoms with Gasteiger partial charge in [-0.25, -0.2) is 0 Å². The van der Waals surface area contributed by atoms with E-state index in [0.717, 1.165) is 13.1 Å². The molecule has 0 spiro atoms. The van der Waals surface area contributed by atoms with Gasteiger partial charge in [0.15, 0.2) is 5.79 Å². The van der Waals surface area contributed by atoms with Gasteiger partial charge < -0.3 is 14.8 Å². The van der Waals surface area contributed by atoms with Crippen LogP contribution in [0.3, 0.4) is 0 Å². The Labute approximate surface area is 122 Å². The predicted octanol–water partition coefficient (Wildman–Crippen LogP) is 3.23. The minimum absolute atomic E-state index is 0.152. The maximum atomic E-state index is 5.77. The fraction of sp³-hybridized carbons (Fsp3) is 0.647. The standard InChI is InChI=1S/C17H27NO2/c1-16(2,3)14-8-6-13(7-9-14)10-18-11-15-12-19-17(4,5)20-15/h6-9,15,18H,10-12H2,1-5H3. The fourth-order valence-electron chi connectivity index (χ4n) is 2.36. The first-order valence-electron chi connectivity index (χ1n) is 7.38. The van der Waals surface area contributed by atoms with E-state index in [1.807, 2.05) is 13.8 Å². The average molecular weight is 277 g/mol. The minimum Gasteiger partial charge on any atom is -0.348 e. The van der Waals surface area contributed by atoms with Gasteiger partial charge in [-0.2, -0.15) is 0 Å². The summed E-state index contributed by atoms with van der Waals surface area (Å²) in [7, 11) is 0. The van der Waals surface area contributed by atoms with Crippen LogP contribution in [0.5, 0.6) is 0 Å². The molecule has 1 aromatic rings. The van der Waals surface area contributed by atoms with E-state index in [2.05, 4.69) is 50.4 Å². The summed E-state index contributed by atoms with van der Waals surface area (Å²) in [5.74, 6) is -0.430. The van der Waals surface area contributed by atoms with Crippen LogP contribution in [0.4, 0.5) is 0 Å². The van der Waals surface area contributed by atoms with Gasteiger partial charge in [0.25, 0.3) is 0 Å². The second kappa shape index (κ2) is 5.84. The molecule has 1 N–H and O–H groups in total. The van der Waals surface area contributed by atoms with Crippen LogP contribution in [0.15, 0.2) is 24.3 Å². The summed E-state index contributed by atoms with van der Waals surface area (Å²) >= 11 is 0. The summed E-state index contributed by atoms with van der Waals surface area (Å²) < 4.78 is 11.3. The van der Waals surface area contributed by atoms with E-state index < -0.39 is 5.79 Å². The van der Waals surface area contributed by atoms with E-state index in [-0.39, 0.29) is 11.5 Å². The van der Waals surface area contributed by atoms with Crippen LogP contribution in [0, 0.1) is 0 Å². The van der Waals surface area contributed by atoms with Gasteiger partial charge in [-0.05, 0) is 30.4 Å². The average Bonchev–Trinajstić information content (AvgIpc) is 2.68. The smallest absolute Gasteiger partial charge is 0.163 e. The molecule has 1 fully saturated rings. The highest BCUT2D eigenvalue weighted by Gasteiger charge is 2.32. The first-order valence-corrected chi connectivity index (χ1v) is 7.38. The zero-order chi connectivity index (χ0) is 14.8. The monoisotopic (exact) mass is 277 g/mol. The Morgan fingerprint density at radius 1 is 1.20 bits per heavy atom. The predicted molar refractivity (Wildman–Crippen MR) is 81.8 cm³/mol. The number of rotatable bonds is 4. The summed E-state index contributed by atoms with van der Waals surface area (Å²) in [5.41, 5.74) is 2.89. The largest absolute Gasteiger partial charge is 0.348 e. The SMILES string of the molecule is CC1(C)OCC(CNCc2ccc(C(C)(C)C)cc2)O1. The molecule has 1 saturated heterocycles. The van der Waals surface area contributed by atoms with E-state index in [0.29, 0.717) is 6.61 Å². The van der Waals surface area contributed by atoms with Crippen molar-refractivity contribution in [2.75, 3.05) is 13.2 Å². The van der Waals surface area contributed by atoms with Crippen molar-refractivity contribution in [2.45, 2.75) is 58.5 Å². The molecule has 3 nitrogen and oxygen atoms in total. The Hall–Kier alpha value is -0.900. The van der Waals surface area contributed by atoms with Gasteiger partial charge in [-0.1, -0.05) is 45.0 Å². The number of nitrogens with one attached hydrogen (secondary N) is 1. The number of ether oxygens (including phenoxy) is 2. The van der Waals surface area contributed by atoms with Gasteiger partial charge in [-0.15, -0.1) is 0 Å². The van der Waals surface area contributed by atoms with Crippen molar-refractivity contribution in [2.24, 2.45) is 0 Å². The van der Waals surface area contributed by atoms with Crippen LogP contribution in [-0.2, 0) is 21.4 Å². The first kappa shape index (κ1) is 15.5. The quantitative estimate of drug-likeness (QED) is 0.916. The van der Waals surface area contributed by atoms with Crippen molar-refractivity contribution >= 4 is 0 Å². The summed E-state index contributed by atoms with van der Waals surface area (Å²) in [4.78, 5) is 0. The van der Waals surface area contributed by atoms with Crippen LogP contribution in [0.25, 0.3) is 0 Å². The molecule has 20 heavy (non-hydrogen) atoms. The Bertz CT molecular complexity index is 431. The first-order chi connectivity index (χ1) is 9.26. The molecule has 1 aliphatic rings. The van der Waals surface area contributed by atoms with Crippen molar-refractivity contribution in [3.05, 3.63) is 35.4 Å². The molecule has 1 aliphatic heterocycles. The molecular formula is C17H27NO2. The van der Waals surface area contributed by atoms with Crippen molar-refractivity contribution < 1.29 is 9.47 Å². The highest BCUT2D eigenvalue weighted by atomic mass is 16.7. The van der Waals surface area contributed by atoms with Crippen molar-refractivity contribution in [1.82, 2.24) is 5.32 Å². The summed E-state index contributed by atoms with van der Waals surface area (Å²) in [6.07, 6.45) is 0.152. The van der Waals surface area contributed by atoms with Crippen LogP contribution in [0.2, 0.25) is 0 Å². The number of hydrogen-bond donors (Lipinski definition) is 1. The summed E-state index contributed by atoms with van der Waals surface area (Å²) in [6, 6.07) is 8.83. The Balaban J connectivity index is 1.78. The maximum absolute atomic E-state index is 5.77. The molecule has 3 heteroatoms. The van der Waals surface area contributed by atoms with E-state index in [4.69, 9.17) is 9.47 Å². The van der Waals surface area contributed by atoms with Crippen molar-refractivity contribution in [3.8, 4) is 0 Å². The maximum Gasteiger partial charge on any atom is 0.163 e. The van der Waals surface area contributed by atoms with Crippen LogP contribution >= 0.6 is 0 Å². The third-order valence-corrected chi connectivity index (χ3v) is 3.59. The van der Waals surface area contributed by atoms with Gasteiger partial charge in [0.2, 0.25) is 0 Å². The van der Waals surface area contributed by atoms with Crippen LogP contribution < -0.4 is 5.32 Å². The van der Waals surface area contributed by atoms with E-state index >= 15 is 0 Å². The lowest BCUT2D eigenvalue weighted by molar-refractivity contribution is -0.137. The Kier molecular flexibility index (Phi) is 4.52. The lowest BCUT2D eigenvalue weighted by atomic mass is 9.87. The number of hydrogen-bond acceptors (Lipinski definition) is 3. The Morgan fingerprint density at radius 3 is 2.35 bits per heavy atom. The summed E-state index contributed by atoms with van der Waals surface area (Å²) in [5, 5.41) is 3.43. The molecule has 2 rings (SSSR count). The van der Waals surface area contributed by atoms with Gasteiger partial charge in [0.1, 0.15) is 0 Å². The Morgan fingerprint density at radius 2 is 1.85 bits per heavy atom. The zero-order valence-corrected chi connectivity index (χ0v) is 13.3. The van der Waals surface area contributed by atoms with E-state index in [1.54, 1.807) is 0 Å². The normalized spacial score (nSPS) is 22.1. The molecule has 112 valence electrons. The third-order valence-electron chi connectivity index (χ3n) is 3.59. The molecule has 0 aliphatic carbocycles. The van der Waals surface area contributed by atoms with Gasteiger partial charge in [0, 0.05) is 13.1 Å². The van der Waals surface area contributed by atoms with E-state index in [1.165, 1.54) is 11.1 Å². The highest BCUT2D eigenvalue weighted by Crippen LogP contribution is 2.23. The molecule has 0 amide bonds. The lowest BCUT2D eigenvalue weighted by Gasteiger charge is -2.19. The van der Waals surface area contributed by atoms with Gasteiger partial charge >= 0.3 is 0 Å². The second-order valence-electron chi connectivity index (χ2n) is 7.03. The fourth-order valence-corrected chi connectivity index (χ4v) is 2.36. The van der Waals surface area contributed by atoms with Gasteiger partial charge in [-0.3, -0.25) is 0 Å². The van der Waals surface area contributed by atoms with Crippen LogP contribution in [0.1, 0.15) is 45.7 Å². The molecule has 0 saturated carbocycles. The molecule has 1 aromatic carbocycles. The summed E-state index contributed by atoms with van der Waals surface area (Å²) in [6.45, 7) is 13.0. The zero-order valence-electron chi connectivity index (χ0n) is 13.3. The molecule has 0 bridgehead atoms. The van der Waals surface area contributed by atoms with Crippen LogP contribution in [-0.4, -0.2) is 25.0 Å². The third kappa shape index (κ3) is 4.30. The topological polar surface area (TPSA) is 30.5 Å². The minimum atomic E-state index is -0.430. The second-order valence-corrected chi connectivity index (χ2v) is 7.03. The molecule has 1 heterocycles. The molecule has 0 radical (unpaired) electrons. The molecule has 1 unspecified atom stereocenters. The highest BCUT2D eigenvalue weighted by molar-refractivity contribution is 5.27. The molecule has 1 atom stereocenters. The molecular weight excluding hydrogens is 250 g/mol. The molecule has 0 aromatic heterocycles.